The maximum absolute atomic E-state index is 12.6. The summed E-state index contributed by atoms with van der Waals surface area (Å²) in [5, 5.41) is 9.16. The van der Waals surface area contributed by atoms with Crippen molar-refractivity contribution in [2.75, 3.05) is 0 Å². The molecule has 1 atom stereocenters. The maximum Gasteiger partial charge on any atom is 0.322 e. The molecule has 2 aromatic carbocycles. The molecule has 0 amide bonds. The van der Waals surface area contributed by atoms with Crippen LogP contribution >= 0.6 is 0 Å². The van der Waals surface area contributed by atoms with Crippen LogP contribution in [-0.2, 0) is 24.7 Å². The van der Waals surface area contributed by atoms with Gasteiger partial charge in [-0.1, -0.05) is 38.1 Å². The van der Waals surface area contributed by atoms with Gasteiger partial charge in [0, 0.05) is 0 Å². The molecule has 2 rings (SSSR count). The first-order valence-corrected chi connectivity index (χ1v) is 10.7. The number of benzene rings is 2. The molecule has 0 aliphatic carbocycles. The van der Waals surface area contributed by atoms with Crippen molar-refractivity contribution >= 4 is 25.8 Å². The van der Waals surface area contributed by atoms with Gasteiger partial charge in [-0.05, 0) is 36.2 Å². The van der Waals surface area contributed by atoms with Crippen LogP contribution in [0.3, 0.4) is 0 Å². The summed E-state index contributed by atoms with van der Waals surface area (Å²) in [6, 6.07) is 11.1. The van der Waals surface area contributed by atoms with Gasteiger partial charge < -0.3 is 5.11 Å². The average molecular weight is 397 g/mol. The van der Waals surface area contributed by atoms with Crippen molar-refractivity contribution in [1.82, 2.24) is 4.72 Å². The molecule has 2 N–H and O–H groups in total. The molecule has 0 heterocycles. The monoisotopic (exact) mass is 397 g/mol. The Labute approximate surface area is 152 Å². The van der Waals surface area contributed by atoms with Crippen LogP contribution < -0.4 is 4.72 Å². The van der Waals surface area contributed by atoms with Gasteiger partial charge in [0.2, 0.25) is 19.9 Å². The van der Waals surface area contributed by atoms with E-state index in [4.69, 9.17) is 5.11 Å². The fourth-order valence-corrected chi connectivity index (χ4v) is 5.04. The first-order chi connectivity index (χ1) is 12.1. The third-order valence-corrected chi connectivity index (χ3v) is 6.90. The largest absolute Gasteiger partial charge is 0.480 e. The van der Waals surface area contributed by atoms with E-state index in [1.54, 1.807) is 32.0 Å². The van der Waals surface area contributed by atoms with Crippen molar-refractivity contribution in [3.05, 3.63) is 54.6 Å². The van der Waals surface area contributed by atoms with Crippen LogP contribution in [0.5, 0.6) is 0 Å². The molecule has 0 aliphatic heterocycles. The van der Waals surface area contributed by atoms with Gasteiger partial charge >= 0.3 is 5.97 Å². The second kappa shape index (κ2) is 7.56. The van der Waals surface area contributed by atoms with E-state index in [1.165, 1.54) is 30.3 Å². The van der Waals surface area contributed by atoms with Gasteiger partial charge in [0.05, 0.1) is 14.7 Å². The second-order valence-corrected chi connectivity index (χ2v) is 9.64. The fourth-order valence-electron chi connectivity index (χ4n) is 2.25. The van der Waals surface area contributed by atoms with Crippen LogP contribution in [-0.4, -0.2) is 34.0 Å². The van der Waals surface area contributed by atoms with Crippen molar-refractivity contribution in [1.29, 1.82) is 0 Å². The molecule has 140 valence electrons. The Kier molecular flexibility index (Phi) is 5.84. The summed E-state index contributed by atoms with van der Waals surface area (Å²) in [5.41, 5.74) is 0. The Morgan fingerprint density at radius 2 is 1.42 bits per heavy atom. The molecule has 26 heavy (non-hydrogen) atoms. The van der Waals surface area contributed by atoms with E-state index in [1.807, 2.05) is 0 Å². The first kappa shape index (κ1) is 20.1. The fraction of sp³-hybridized carbons (Fsp3) is 0.235. The predicted molar refractivity (Wildman–Crippen MR) is 94.9 cm³/mol. The van der Waals surface area contributed by atoms with Crippen LogP contribution in [0.2, 0.25) is 0 Å². The number of sulfone groups is 1. The molecule has 0 radical (unpaired) electrons. The quantitative estimate of drug-likeness (QED) is 0.737. The molecule has 0 fully saturated rings. The summed E-state index contributed by atoms with van der Waals surface area (Å²) in [6.07, 6.45) is 0. The van der Waals surface area contributed by atoms with Crippen LogP contribution in [0.15, 0.2) is 69.3 Å². The standard InChI is InChI=1S/C17H19NO6S2/c1-12(2)16(17(19)20)18-26(23,24)15-10-6-9-14(11-15)25(21,22)13-7-4-3-5-8-13/h3-12,16,18H,1-2H3,(H,19,20). The predicted octanol–water partition coefficient (Wildman–Crippen LogP) is 1.91. The number of rotatable bonds is 7. The highest BCUT2D eigenvalue weighted by atomic mass is 32.2. The van der Waals surface area contributed by atoms with Gasteiger partial charge in [0.25, 0.3) is 0 Å². The zero-order chi connectivity index (χ0) is 19.5. The van der Waals surface area contributed by atoms with Crippen molar-refractivity contribution in [2.45, 2.75) is 34.6 Å². The molecule has 0 spiro atoms. The zero-order valence-electron chi connectivity index (χ0n) is 14.2. The lowest BCUT2D eigenvalue weighted by molar-refractivity contribution is -0.140. The number of carboxylic acid groups (broad SMARTS) is 1. The van der Waals surface area contributed by atoms with Crippen molar-refractivity contribution < 1.29 is 26.7 Å². The molecule has 0 bridgehead atoms. The summed E-state index contributed by atoms with van der Waals surface area (Å²) in [4.78, 5) is 10.8. The molecule has 7 nitrogen and oxygen atoms in total. The summed E-state index contributed by atoms with van der Waals surface area (Å²) in [6.45, 7) is 3.13. The van der Waals surface area contributed by atoms with Gasteiger partial charge in [-0.2, -0.15) is 4.72 Å². The van der Waals surface area contributed by atoms with E-state index in [0.717, 1.165) is 6.07 Å². The molecule has 9 heteroatoms. The Bertz CT molecular complexity index is 999. The number of aliphatic carboxylic acids is 1. The molecular weight excluding hydrogens is 378 g/mol. The van der Waals surface area contributed by atoms with Gasteiger partial charge in [-0.25, -0.2) is 16.8 Å². The molecule has 0 aromatic heterocycles. The number of sulfonamides is 1. The molecular formula is C17H19NO6S2. The highest BCUT2D eigenvalue weighted by Gasteiger charge is 2.29. The SMILES string of the molecule is CC(C)C(NS(=O)(=O)c1cccc(S(=O)(=O)c2ccccc2)c1)C(=O)O. The normalized spacial score (nSPS) is 13.5. The lowest BCUT2D eigenvalue weighted by atomic mass is 10.1. The summed E-state index contributed by atoms with van der Waals surface area (Å²) < 4.78 is 52.4. The minimum Gasteiger partial charge on any atom is -0.480 e. The van der Waals surface area contributed by atoms with Gasteiger partial charge in [0.15, 0.2) is 0 Å². The number of nitrogens with one attached hydrogen (secondary N) is 1. The second-order valence-electron chi connectivity index (χ2n) is 5.97. The van der Waals surface area contributed by atoms with E-state index in [-0.39, 0.29) is 14.7 Å². The maximum atomic E-state index is 12.6. The smallest absolute Gasteiger partial charge is 0.322 e. The molecule has 0 saturated carbocycles. The molecule has 1 unspecified atom stereocenters. The van der Waals surface area contributed by atoms with Crippen LogP contribution in [0.1, 0.15) is 13.8 Å². The minimum atomic E-state index is -4.21. The number of carboxylic acids is 1. The zero-order valence-corrected chi connectivity index (χ0v) is 15.8. The first-order valence-electron chi connectivity index (χ1n) is 7.71. The highest BCUT2D eigenvalue weighted by Crippen LogP contribution is 2.23. The van der Waals surface area contributed by atoms with E-state index in [2.05, 4.69) is 4.72 Å². The van der Waals surface area contributed by atoms with Crippen molar-refractivity contribution in [2.24, 2.45) is 5.92 Å². The van der Waals surface area contributed by atoms with E-state index in [9.17, 15) is 21.6 Å². The Balaban J connectivity index is 2.44. The lowest BCUT2D eigenvalue weighted by Gasteiger charge is -2.18. The minimum absolute atomic E-state index is 0.0353. The molecule has 0 aliphatic rings. The topological polar surface area (TPSA) is 118 Å². The van der Waals surface area contributed by atoms with Gasteiger partial charge in [-0.3, -0.25) is 4.79 Å². The Morgan fingerprint density at radius 1 is 0.885 bits per heavy atom. The highest BCUT2D eigenvalue weighted by molar-refractivity contribution is 7.91. The summed E-state index contributed by atoms with van der Waals surface area (Å²) in [5.74, 6) is -1.80. The average Bonchev–Trinajstić information content (AvgIpc) is 2.60. The number of hydrogen-bond donors (Lipinski definition) is 2. The Morgan fingerprint density at radius 3 is 1.96 bits per heavy atom. The van der Waals surface area contributed by atoms with Crippen LogP contribution in [0, 0.1) is 5.92 Å². The van der Waals surface area contributed by atoms with Gasteiger partial charge in [-0.15, -0.1) is 0 Å². The lowest BCUT2D eigenvalue weighted by Crippen LogP contribution is -2.44. The van der Waals surface area contributed by atoms with Gasteiger partial charge in [0.1, 0.15) is 6.04 Å². The van der Waals surface area contributed by atoms with Crippen molar-refractivity contribution in [3.63, 3.8) is 0 Å². The van der Waals surface area contributed by atoms with E-state index < -0.39 is 37.8 Å². The Hall–Kier alpha value is -2.23. The number of carbonyl (C=O) groups is 1. The molecule has 2 aromatic rings. The third kappa shape index (κ3) is 4.29. The number of hydrogen-bond acceptors (Lipinski definition) is 5. The summed E-state index contributed by atoms with van der Waals surface area (Å²) in [7, 11) is -8.10. The molecule has 0 saturated heterocycles. The third-order valence-electron chi connectivity index (χ3n) is 3.69. The summed E-state index contributed by atoms with van der Waals surface area (Å²) >= 11 is 0. The van der Waals surface area contributed by atoms with Crippen LogP contribution in [0.25, 0.3) is 0 Å². The van der Waals surface area contributed by atoms with E-state index >= 15 is 0 Å². The van der Waals surface area contributed by atoms with E-state index in [0.29, 0.717) is 0 Å². The van der Waals surface area contributed by atoms with Crippen molar-refractivity contribution in [3.8, 4) is 0 Å². The van der Waals surface area contributed by atoms with Crippen LogP contribution in [0.4, 0.5) is 0 Å².